The SMILES string of the molecule is CC[C@H]1COC(=O)N1c1nc(C)nc(N[C@@H](C)c2cc3cc(Cl)cnc3[nH]c2=O)n1. The molecule has 4 heterocycles. The van der Waals surface area contributed by atoms with E-state index in [1.54, 1.807) is 19.1 Å². The molecule has 3 aromatic rings. The number of fused-ring (bicyclic) bond motifs is 1. The van der Waals surface area contributed by atoms with Crippen LogP contribution in [0.4, 0.5) is 16.7 Å². The molecule has 3 aromatic heterocycles. The number of pyridine rings is 2. The van der Waals surface area contributed by atoms with Crippen LogP contribution in [0, 0.1) is 6.92 Å². The minimum Gasteiger partial charge on any atom is -0.447 e. The number of aromatic nitrogens is 5. The van der Waals surface area contributed by atoms with Crippen molar-refractivity contribution in [3.63, 3.8) is 0 Å². The van der Waals surface area contributed by atoms with E-state index in [0.717, 1.165) is 0 Å². The highest BCUT2D eigenvalue weighted by molar-refractivity contribution is 6.31. The molecular weight excluding hydrogens is 410 g/mol. The number of aryl methyl sites for hydroxylation is 1. The van der Waals surface area contributed by atoms with Crippen LogP contribution in [0.2, 0.25) is 5.02 Å². The molecule has 1 aliphatic rings. The van der Waals surface area contributed by atoms with E-state index in [9.17, 15) is 9.59 Å². The van der Waals surface area contributed by atoms with Crippen LogP contribution in [-0.2, 0) is 4.74 Å². The third-order valence-electron chi connectivity index (χ3n) is 4.88. The lowest BCUT2D eigenvalue weighted by Gasteiger charge is -2.20. The molecule has 0 aromatic carbocycles. The van der Waals surface area contributed by atoms with Crippen LogP contribution < -0.4 is 15.8 Å². The lowest BCUT2D eigenvalue weighted by Crippen LogP contribution is -2.35. The quantitative estimate of drug-likeness (QED) is 0.633. The number of halogens is 1. The maximum Gasteiger partial charge on any atom is 0.417 e. The summed E-state index contributed by atoms with van der Waals surface area (Å²) in [6.07, 6.45) is 1.70. The van der Waals surface area contributed by atoms with Gasteiger partial charge in [-0.15, -0.1) is 0 Å². The van der Waals surface area contributed by atoms with Crippen molar-refractivity contribution in [2.75, 3.05) is 16.8 Å². The number of nitrogens with zero attached hydrogens (tertiary/aromatic N) is 5. The Kier molecular flexibility index (Phi) is 5.25. The van der Waals surface area contributed by atoms with Gasteiger partial charge in [0.2, 0.25) is 11.9 Å². The maximum atomic E-state index is 12.5. The van der Waals surface area contributed by atoms with Gasteiger partial charge >= 0.3 is 6.09 Å². The van der Waals surface area contributed by atoms with Crippen molar-refractivity contribution < 1.29 is 9.53 Å². The first-order valence-electron chi connectivity index (χ1n) is 9.49. The zero-order chi connectivity index (χ0) is 21.4. The summed E-state index contributed by atoms with van der Waals surface area (Å²) in [5, 5.41) is 4.30. The number of carbonyl (C=O) groups is 1. The lowest BCUT2D eigenvalue weighted by molar-refractivity contribution is 0.178. The molecule has 1 aliphatic heterocycles. The number of cyclic esters (lactones) is 1. The van der Waals surface area contributed by atoms with E-state index in [2.05, 4.69) is 30.2 Å². The average Bonchev–Trinajstić information content (AvgIpc) is 3.07. The predicted molar refractivity (Wildman–Crippen MR) is 112 cm³/mol. The van der Waals surface area contributed by atoms with Crippen LogP contribution in [0.5, 0.6) is 0 Å². The van der Waals surface area contributed by atoms with Crippen LogP contribution >= 0.6 is 11.6 Å². The second-order valence-corrected chi connectivity index (χ2v) is 7.46. The molecule has 2 atom stereocenters. The topological polar surface area (TPSA) is 126 Å². The highest BCUT2D eigenvalue weighted by Gasteiger charge is 2.35. The number of carbonyl (C=O) groups excluding carboxylic acids is 1. The number of nitrogens with one attached hydrogen (secondary N) is 2. The number of H-pyrrole nitrogens is 1. The Morgan fingerprint density at radius 1 is 1.33 bits per heavy atom. The van der Waals surface area contributed by atoms with Crippen LogP contribution in [0.3, 0.4) is 0 Å². The number of ether oxygens (including phenoxy) is 1. The summed E-state index contributed by atoms with van der Waals surface area (Å²) in [4.78, 5) is 45.9. The highest BCUT2D eigenvalue weighted by Crippen LogP contribution is 2.24. The molecule has 0 spiro atoms. The van der Waals surface area contributed by atoms with Gasteiger partial charge in [0.1, 0.15) is 18.1 Å². The minimum atomic E-state index is -0.484. The van der Waals surface area contributed by atoms with E-state index >= 15 is 0 Å². The molecule has 4 rings (SSSR count). The van der Waals surface area contributed by atoms with E-state index in [-0.39, 0.29) is 23.5 Å². The van der Waals surface area contributed by atoms with E-state index in [1.807, 2.05) is 13.8 Å². The Balaban J connectivity index is 1.65. The van der Waals surface area contributed by atoms with Gasteiger partial charge in [0.15, 0.2) is 0 Å². The monoisotopic (exact) mass is 429 g/mol. The van der Waals surface area contributed by atoms with Crippen LogP contribution in [0.25, 0.3) is 11.0 Å². The fourth-order valence-electron chi connectivity index (χ4n) is 3.32. The summed E-state index contributed by atoms with van der Waals surface area (Å²) in [7, 11) is 0. The van der Waals surface area contributed by atoms with Crippen LogP contribution in [-0.4, -0.2) is 43.7 Å². The van der Waals surface area contributed by atoms with Gasteiger partial charge in [0, 0.05) is 17.1 Å². The van der Waals surface area contributed by atoms with Gasteiger partial charge in [-0.1, -0.05) is 18.5 Å². The summed E-state index contributed by atoms with van der Waals surface area (Å²) in [6.45, 7) is 5.77. The molecule has 0 unspecified atom stereocenters. The van der Waals surface area contributed by atoms with Gasteiger partial charge in [-0.05, 0) is 32.4 Å². The van der Waals surface area contributed by atoms with Gasteiger partial charge in [-0.25, -0.2) is 14.7 Å². The van der Waals surface area contributed by atoms with Crippen molar-refractivity contribution in [2.24, 2.45) is 0 Å². The second kappa shape index (κ2) is 7.86. The molecule has 11 heteroatoms. The van der Waals surface area contributed by atoms with E-state index < -0.39 is 12.1 Å². The Morgan fingerprint density at radius 3 is 2.90 bits per heavy atom. The largest absolute Gasteiger partial charge is 0.447 e. The molecule has 1 amide bonds. The van der Waals surface area contributed by atoms with Gasteiger partial charge in [0.25, 0.3) is 5.56 Å². The van der Waals surface area contributed by atoms with Crippen LogP contribution in [0.1, 0.15) is 37.7 Å². The molecule has 156 valence electrons. The Morgan fingerprint density at radius 2 is 2.13 bits per heavy atom. The third-order valence-corrected chi connectivity index (χ3v) is 5.09. The normalized spacial score (nSPS) is 17.3. The molecule has 0 aliphatic carbocycles. The molecular formula is C19H20ClN7O3. The van der Waals surface area contributed by atoms with Crippen LogP contribution in [0.15, 0.2) is 23.1 Å². The Bertz CT molecular complexity index is 1180. The maximum absolute atomic E-state index is 12.5. The van der Waals surface area contributed by atoms with Crippen molar-refractivity contribution >= 4 is 40.6 Å². The molecule has 1 saturated heterocycles. The first-order valence-corrected chi connectivity index (χ1v) is 9.87. The fraction of sp³-hybridized carbons (Fsp3) is 0.368. The smallest absolute Gasteiger partial charge is 0.417 e. The summed E-state index contributed by atoms with van der Waals surface area (Å²) in [5.74, 6) is 0.908. The van der Waals surface area contributed by atoms with Crippen molar-refractivity contribution in [1.82, 2.24) is 24.9 Å². The number of aromatic amines is 1. The van der Waals surface area contributed by atoms with Crippen molar-refractivity contribution in [3.05, 3.63) is 45.1 Å². The zero-order valence-corrected chi connectivity index (χ0v) is 17.4. The third kappa shape index (κ3) is 3.78. The number of amides is 1. The zero-order valence-electron chi connectivity index (χ0n) is 16.6. The van der Waals surface area contributed by atoms with E-state index in [0.29, 0.717) is 40.5 Å². The highest BCUT2D eigenvalue weighted by atomic mass is 35.5. The van der Waals surface area contributed by atoms with E-state index in [1.165, 1.54) is 11.1 Å². The Labute approximate surface area is 176 Å². The Hall–Kier alpha value is -3.27. The molecule has 10 nitrogen and oxygen atoms in total. The first kappa shape index (κ1) is 20.0. The summed E-state index contributed by atoms with van der Waals surface area (Å²) in [6, 6.07) is 2.89. The van der Waals surface area contributed by atoms with Gasteiger partial charge < -0.3 is 15.0 Å². The predicted octanol–water partition coefficient (Wildman–Crippen LogP) is 2.98. The van der Waals surface area contributed by atoms with Crippen molar-refractivity contribution in [3.8, 4) is 0 Å². The standard InChI is InChI=1S/C19H20ClN7O3/c1-4-13-8-30-19(29)27(13)18-24-10(3)23-17(26-18)22-9(2)14-6-11-5-12(20)7-21-15(11)25-16(14)28/h5-7,9,13H,4,8H2,1-3H3,(H,21,25,28)(H,22,23,24,26)/t9-,13-/m0/s1. The molecule has 30 heavy (non-hydrogen) atoms. The molecule has 1 fully saturated rings. The second-order valence-electron chi connectivity index (χ2n) is 7.03. The number of hydrogen-bond acceptors (Lipinski definition) is 8. The number of rotatable bonds is 5. The van der Waals surface area contributed by atoms with Gasteiger partial charge in [0.05, 0.1) is 17.1 Å². The van der Waals surface area contributed by atoms with Crippen molar-refractivity contribution in [2.45, 2.75) is 39.3 Å². The molecule has 2 N–H and O–H groups in total. The molecule has 0 saturated carbocycles. The lowest BCUT2D eigenvalue weighted by atomic mass is 10.1. The summed E-state index contributed by atoms with van der Waals surface area (Å²) < 4.78 is 5.12. The first-order chi connectivity index (χ1) is 14.4. The summed E-state index contributed by atoms with van der Waals surface area (Å²) in [5.41, 5.74) is 0.646. The van der Waals surface area contributed by atoms with Gasteiger partial charge in [-0.3, -0.25) is 4.79 Å². The molecule has 0 bridgehead atoms. The minimum absolute atomic E-state index is 0.134. The van der Waals surface area contributed by atoms with Gasteiger partial charge in [-0.2, -0.15) is 15.0 Å². The fourth-order valence-corrected chi connectivity index (χ4v) is 3.49. The molecule has 0 radical (unpaired) electrons. The summed E-state index contributed by atoms with van der Waals surface area (Å²) >= 11 is 6.01. The number of hydrogen-bond donors (Lipinski definition) is 2. The number of anilines is 2. The van der Waals surface area contributed by atoms with E-state index in [4.69, 9.17) is 16.3 Å². The average molecular weight is 430 g/mol. The van der Waals surface area contributed by atoms with Crippen molar-refractivity contribution in [1.29, 1.82) is 0 Å².